The van der Waals surface area contributed by atoms with Crippen molar-refractivity contribution < 1.29 is 9.53 Å². The van der Waals surface area contributed by atoms with E-state index in [0.29, 0.717) is 11.8 Å². The van der Waals surface area contributed by atoms with Crippen molar-refractivity contribution in [2.24, 2.45) is 17.6 Å². The molecule has 1 aliphatic carbocycles. The molecule has 4 nitrogen and oxygen atoms in total. The zero-order valence-corrected chi connectivity index (χ0v) is 12.1. The van der Waals surface area contributed by atoms with Crippen LogP contribution < -0.4 is 5.73 Å². The van der Waals surface area contributed by atoms with E-state index in [1.54, 1.807) is 7.11 Å². The van der Waals surface area contributed by atoms with Crippen molar-refractivity contribution in [3.63, 3.8) is 0 Å². The van der Waals surface area contributed by atoms with Crippen LogP contribution in [0.15, 0.2) is 0 Å². The number of carbonyl (C=O) groups excluding carboxylic acids is 1. The van der Waals surface area contributed by atoms with E-state index in [1.807, 2.05) is 4.90 Å². The summed E-state index contributed by atoms with van der Waals surface area (Å²) in [5.41, 5.74) is 5.65. The molecule has 0 spiro atoms. The van der Waals surface area contributed by atoms with Gasteiger partial charge in [-0.05, 0) is 44.6 Å². The van der Waals surface area contributed by atoms with Gasteiger partial charge in [0.05, 0.1) is 6.10 Å². The third-order valence-corrected chi connectivity index (χ3v) is 4.73. The molecule has 2 rings (SSSR count). The van der Waals surface area contributed by atoms with Crippen molar-refractivity contribution in [3.05, 3.63) is 0 Å². The molecular weight excluding hydrogens is 240 g/mol. The lowest BCUT2D eigenvalue weighted by molar-refractivity contribution is -0.140. The van der Waals surface area contributed by atoms with Crippen LogP contribution >= 0.6 is 0 Å². The lowest BCUT2D eigenvalue weighted by atomic mass is 9.79. The van der Waals surface area contributed by atoms with Crippen LogP contribution in [0.25, 0.3) is 0 Å². The third-order valence-electron chi connectivity index (χ3n) is 4.73. The van der Waals surface area contributed by atoms with Crippen molar-refractivity contribution in [3.8, 4) is 0 Å². The van der Waals surface area contributed by atoms with E-state index in [0.717, 1.165) is 51.7 Å². The number of methoxy groups -OCH3 is 1. The van der Waals surface area contributed by atoms with Crippen LogP contribution in [0.1, 0.15) is 44.9 Å². The molecule has 1 aliphatic heterocycles. The number of nitrogens with zero attached hydrogens (tertiary/aromatic N) is 1. The van der Waals surface area contributed by atoms with E-state index in [1.165, 1.54) is 12.8 Å². The molecule has 4 heteroatoms. The monoisotopic (exact) mass is 268 g/mol. The summed E-state index contributed by atoms with van der Waals surface area (Å²) in [6.45, 7) is 2.45. The largest absolute Gasteiger partial charge is 0.380 e. The summed E-state index contributed by atoms with van der Waals surface area (Å²) in [6.07, 6.45) is 8.01. The van der Waals surface area contributed by atoms with Gasteiger partial charge in [-0.15, -0.1) is 0 Å². The van der Waals surface area contributed by atoms with Crippen molar-refractivity contribution in [2.45, 2.75) is 51.0 Å². The fourth-order valence-electron chi connectivity index (χ4n) is 3.60. The SMILES string of the molecule is COC1CCCN(C(=O)C2CCCC(CCN)C2)C1. The molecule has 3 atom stereocenters. The summed E-state index contributed by atoms with van der Waals surface area (Å²) in [7, 11) is 1.75. The highest BCUT2D eigenvalue weighted by Crippen LogP contribution is 2.32. The van der Waals surface area contributed by atoms with E-state index >= 15 is 0 Å². The minimum absolute atomic E-state index is 0.237. The van der Waals surface area contributed by atoms with Crippen LogP contribution in [-0.4, -0.2) is 43.7 Å². The molecule has 1 heterocycles. The number of rotatable bonds is 4. The van der Waals surface area contributed by atoms with Gasteiger partial charge in [0.15, 0.2) is 0 Å². The van der Waals surface area contributed by atoms with Gasteiger partial charge < -0.3 is 15.4 Å². The highest BCUT2D eigenvalue weighted by Gasteiger charge is 2.32. The lowest BCUT2D eigenvalue weighted by Crippen LogP contribution is -2.46. The number of hydrogen-bond acceptors (Lipinski definition) is 3. The van der Waals surface area contributed by atoms with E-state index in [-0.39, 0.29) is 12.0 Å². The first-order valence-electron chi connectivity index (χ1n) is 7.76. The topological polar surface area (TPSA) is 55.6 Å². The van der Waals surface area contributed by atoms with Gasteiger partial charge >= 0.3 is 0 Å². The maximum Gasteiger partial charge on any atom is 0.225 e. The Hall–Kier alpha value is -0.610. The number of hydrogen-bond donors (Lipinski definition) is 1. The van der Waals surface area contributed by atoms with E-state index < -0.39 is 0 Å². The molecule has 0 aromatic heterocycles. The van der Waals surface area contributed by atoms with Gasteiger partial charge in [0.25, 0.3) is 0 Å². The highest BCUT2D eigenvalue weighted by molar-refractivity contribution is 5.79. The van der Waals surface area contributed by atoms with Gasteiger partial charge in [-0.25, -0.2) is 0 Å². The second-order valence-electron chi connectivity index (χ2n) is 6.09. The molecule has 1 saturated carbocycles. The third kappa shape index (κ3) is 3.93. The van der Waals surface area contributed by atoms with Gasteiger partial charge in [-0.3, -0.25) is 4.79 Å². The lowest BCUT2D eigenvalue weighted by Gasteiger charge is -2.36. The minimum atomic E-state index is 0.237. The molecule has 19 heavy (non-hydrogen) atoms. The molecule has 0 aromatic carbocycles. The van der Waals surface area contributed by atoms with Crippen LogP contribution in [0.5, 0.6) is 0 Å². The van der Waals surface area contributed by atoms with Crippen molar-refractivity contribution in [1.82, 2.24) is 4.90 Å². The Bertz CT molecular complexity index is 294. The van der Waals surface area contributed by atoms with Crippen LogP contribution in [0.2, 0.25) is 0 Å². The molecular formula is C15H28N2O2. The number of carbonyl (C=O) groups is 1. The predicted molar refractivity (Wildman–Crippen MR) is 75.7 cm³/mol. The first-order chi connectivity index (χ1) is 9.24. The van der Waals surface area contributed by atoms with E-state index in [9.17, 15) is 4.79 Å². The number of ether oxygens (including phenoxy) is 1. The summed E-state index contributed by atoms with van der Waals surface area (Å²) in [5.74, 6) is 1.26. The normalized spacial score (nSPS) is 32.3. The van der Waals surface area contributed by atoms with Crippen LogP contribution in [0.4, 0.5) is 0 Å². The molecule has 3 unspecified atom stereocenters. The molecule has 0 bridgehead atoms. The average Bonchev–Trinajstić information content (AvgIpc) is 2.47. The van der Waals surface area contributed by atoms with Gasteiger partial charge in [-0.2, -0.15) is 0 Å². The smallest absolute Gasteiger partial charge is 0.225 e. The number of amides is 1. The maximum atomic E-state index is 12.6. The Kier molecular flexibility index (Phi) is 5.64. The second-order valence-corrected chi connectivity index (χ2v) is 6.09. The maximum absolute atomic E-state index is 12.6. The van der Waals surface area contributed by atoms with Gasteiger partial charge in [0.2, 0.25) is 5.91 Å². The van der Waals surface area contributed by atoms with Gasteiger partial charge in [0.1, 0.15) is 0 Å². The number of likely N-dealkylation sites (tertiary alicyclic amines) is 1. The molecule has 1 saturated heterocycles. The van der Waals surface area contributed by atoms with E-state index in [2.05, 4.69) is 0 Å². The second kappa shape index (κ2) is 7.25. The Morgan fingerprint density at radius 3 is 2.89 bits per heavy atom. The number of piperidine rings is 1. The van der Waals surface area contributed by atoms with Crippen molar-refractivity contribution in [1.29, 1.82) is 0 Å². The summed E-state index contributed by atoms with van der Waals surface area (Å²) >= 11 is 0. The summed E-state index contributed by atoms with van der Waals surface area (Å²) in [5, 5.41) is 0. The predicted octanol–water partition coefficient (Wildman–Crippen LogP) is 1.78. The first-order valence-corrected chi connectivity index (χ1v) is 7.76. The molecule has 2 fully saturated rings. The molecule has 2 aliphatic rings. The quantitative estimate of drug-likeness (QED) is 0.845. The Labute approximate surface area is 116 Å². The van der Waals surface area contributed by atoms with Crippen LogP contribution in [-0.2, 0) is 9.53 Å². The zero-order chi connectivity index (χ0) is 13.7. The molecule has 1 amide bonds. The fraction of sp³-hybridized carbons (Fsp3) is 0.933. The summed E-state index contributed by atoms with van der Waals surface area (Å²) < 4.78 is 5.41. The minimum Gasteiger partial charge on any atom is -0.380 e. The summed E-state index contributed by atoms with van der Waals surface area (Å²) in [6, 6.07) is 0. The molecule has 2 N–H and O–H groups in total. The molecule has 0 radical (unpaired) electrons. The molecule has 0 aromatic rings. The van der Waals surface area contributed by atoms with E-state index in [4.69, 9.17) is 10.5 Å². The highest BCUT2D eigenvalue weighted by atomic mass is 16.5. The standard InChI is InChI=1S/C15H28N2O2/c1-19-14-6-3-9-17(11-14)15(18)13-5-2-4-12(10-13)7-8-16/h12-14H,2-11,16H2,1H3. The zero-order valence-electron chi connectivity index (χ0n) is 12.1. The van der Waals surface area contributed by atoms with Gasteiger partial charge in [0, 0.05) is 26.1 Å². The van der Waals surface area contributed by atoms with Gasteiger partial charge in [-0.1, -0.05) is 12.8 Å². The fourth-order valence-corrected chi connectivity index (χ4v) is 3.60. The molecule has 110 valence electrons. The number of nitrogens with two attached hydrogens (primary N) is 1. The first kappa shape index (κ1) is 14.8. The summed E-state index contributed by atoms with van der Waals surface area (Å²) in [4.78, 5) is 14.6. The van der Waals surface area contributed by atoms with Crippen molar-refractivity contribution >= 4 is 5.91 Å². The Morgan fingerprint density at radius 2 is 2.16 bits per heavy atom. The van der Waals surface area contributed by atoms with Crippen LogP contribution in [0, 0.1) is 11.8 Å². The average molecular weight is 268 g/mol. The van der Waals surface area contributed by atoms with Crippen molar-refractivity contribution in [2.75, 3.05) is 26.7 Å². The Morgan fingerprint density at radius 1 is 1.32 bits per heavy atom. The Balaban J connectivity index is 1.87. The van der Waals surface area contributed by atoms with Crippen LogP contribution in [0.3, 0.4) is 0 Å².